The van der Waals surface area contributed by atoms with Gasteiger partial charge < -0.3 is 20.1 Å². The first-order valence-corrected chi connectivity index (χ1v) is 8.82. The number of fused-ring (bicyclic) bond motifs is 1. The summed E-state index contributed by atoms with van der Waals surface area (Å²) in [6.07, 6.45) is 0.803. The van der Waals surface area contributed by atoms with E-state index in [2.05, 4.69) is 15.6 Å². The number of rotatable bonds is 5. The Kier molecular flexibility index (Phi) is 5.18. The second-order valence-electron chi connectivity index (χ2n) is 5.92. The first kappa shape index (κ1) is 17.2. The summed E-state index contributed by atoms with van der Waals surface area (Å²) in [6.45, 7) is 3.82. The third-order valence-electron chi connectivity index (χ3n) is 3.71. The van der Waals surface area contributed by atoms with Crippen LogP contribution >= 0.6 is 11.3 Å². The zero-order valence-electron chi connectivity index (χ0n) is 13.9. The van der Waals surface area contributed by atoms with E-state index < -0.39 is 12.1 Å². The Morgan fingerprint density at radius 2 is 2.04 bits per heavy atom. The number of aromatic nitrogens is 1. The number of para-hydroxylation sites is 2. The molecule has 3 rings (SSSR count). The van der Waals surface area contributed by atoms with Crippen LogP contribution in [0, 0.1) is 5.92 Å². The molecular formula is C17H19N3O4S. The van der Waals surface area contributed by atoms with Crippen molar-refractivity contribution in [1.82, 2.24) is 10.3 Å². The van der Waals surface area contributed by atoms with Crippen LogP contribution in [0.15, 0.2) is 35.8 Å². The lowest BCUT2D eigenvalue weighted by Crippen LogP contribution is -2.53. The number of nitrogens with zero attached hydrogens (tertiary/aromatic N) is 1. The van der Waals surface area contributed by atoms with Crippen LogP contribution in [-0.4, -0.2) is 35.6 Å². The van der Waals surface area contributed by atoms with E-state index in [1.807, 2.05) is 19.9 Å². The molecule has 1 aliphatic rings. The highest BCUT2D eigenvalue weighted by Crippen LogP contribution is 2.30. The number of ether oxygens (including phenoxy) is 2. The minimum absolute atomic E-state index is 0.0966. The molecule has 0 spiro atoms. The Labute approximate surface area is 149 Å². The van der Waals surface area contributed by atoms with Crippen LogP contribution in [0.25, 0.3) is 0 Å². The fourth-order valence-corrected chi connectivity index (χ4v) is 2.93. The van der Waals surface area contributed by atoms with Gasteiger partial charge in [-0.25, -0.2) is 4.98 Å². The van der Waals surface area contributed by atoms with Crippen LogP contribution < -0.4 is 20.1 Å². The summed E-state index contributed by atoms with van der Waals surface area (Å²) in [5.41, 5.74) is 0. The molecule has 0 aliphatic carbocycles. The first-order valence-electron chi connectivity index (χ1n) is 7.94. The highest BCUT2D eigenvalue weighted by molar-refractivity contribution is 7.13. The standard InChI is InChI=1S/C17H19N3O4S/c1-10(2)14(16(22)20-17-18-7-8-25-17)19-15(21)13-9-23-11-5-3-4-6-12(11)24-13/h3-8,10,13-14H,9H2,1-2H3,(H,19,21)(H,18,20,22)/t13-,14-/m0/s1. The van der Waals surface area contributed by atoms with E-state index in [0.717, 1.165) is 0 Å². The predicted octanol–water partition coefficient (Wildman–Crippen LogP) is 2.06. The first-order chi connectivity index (χ1) is 12.0. The number of carbonyl (C=O) groups is 2. The van der Waals surface area contributed by atoms with E-state index in [9.17, 15) is 9.59 Å². The van der Waals surface area contributed by atoms with Crippen molar-refractivity contribution in [3.05, 3.63) is 35.8 Å². The normalized spacial score (nSPS) is 17.0. The highest BCUT2D eigenvalue weighted by Gasteiger charge is 2.32. The summed E-state index contributed by atoms with van der Waals surface area (Å²) < 4.78 is 11.2. The van der Waals surface area contributed by atoms with Gasteiger partial charge in [0.05, 0.1) is 0 Å². The summed E-state index contributed by atoms with van der Waals surface area (Å²) in [5, 5.41) is 7.72. The fraction of sp³-hybridized carbons (Fsp3) is 0.353. The van der Waals surface area contributed by atoms with E-state index in [1.165, 1.54) is 11.3 Å². The average Bonchev–Trinajstić information content (AvgIpc) is 3.11. The molecule has 2 heterocycles. The second-order valence-corrected chi connectivity index (χ2v) is 6.82. The van der Waals surface area contributed by atoms with Crippen molar-refractivity contribution >= 4 is 28.3 Å². The quantitative estimate of drug-likeness (QED) is 0.851. The summed E-state index contributed by atoms with van der Waals surface area (Å²) >= 11 is 1.32. The van der Waals surface area contributed by atoms with Gasteiger partial charge in [-0.3, -0.25) is 9.59 Å². The zero-order valence-corrected chi connectivity index (χ0v) is 14.7. The highest BCUT2D eigenvalue weighted by atomic mass is 32.1. The molecule has 7 nitrogen and oxygen atoms in total. The lowest BCUT2D eigenvalue weighted by atomic mass is 10.0. The smallest absolute Gasteiger partial charge is 0.265 e. The fourth-order valence-electron chi connectivity index (χ4n) is 2.40. The Morgan fingerprint density at radius 3 is 2.72 bits per heavy atom. The molecule has 2 atom stereocenters. The van der Waals surface area contributed by atoms with Gasteiger partial charge in [-0.2, -0.15) is 0 Å². The maximum Gasteiger partial charge on any atom is 0.265 e. The minimum Gasteiger partial charge on any atom is -0.485 e. The van der Waals surface area contributed by atoms with Crippen LogP contribution in [-0.2, 0) is 9.59 Å². The summed E-state index contributed by atoms with van der Waals surface area (Å²) in [7, 11) is 0. The molecule has 25 heavy (non-hydrogen) atoms. The van der Waals surface area contributed by atoms with Crippen LogP contribution in [0.1, 0.15) is 13.8 Å². The number of hydrogen-bond donors (Lipinski definition) is 2. The number of anilines is 1. The van der Waals surface area contributed by atoms with Gasteiger partial charge in [0.15, 0.2) is 16.6 Å². The molecule has 1 aromatic carbocycles. The van der Waals surface area contributed by atoms with Gasteiger partial charge in [0.2, 0.25) is 12.0 Å². The van der Waals surface area contributed by atoms with E-state index in [-0.39, 0.29) is 24.3 Å². The van der Waals surface area contributed by atoms with Gasteiger partial charge in [0, 0.05) is 11.6 Å². The topological polar surface area (TPSA) is 89.5 Å². The van der Waals surface area contributed by atoms with E-state index >= 15 is 0 Å². The van der Waals surface area contributed by atoms with Gasteiger partial charge in [-0.1, -0.05) is 26.0 Å². The van der Waals surface area contributed by atoms with Crippen molar-refractivity contribution in [2.75, 3.05) is 11.9 Å². The van der Waals surface area contributed by atoms with E-state index in [0.29, 0.717) is 16.6 Å². The van der Waals surface area contributed by atoms with Gasteiger partial charge in [0.1, 0.15) is 12.6 Å². The number of hydrogen-bond acceptors (Lipinski definition) is 6. The molecule has 132 valence electrons. The van der Waals surface area contributed by atoms with Crippen LogP contribution in [0.2, 0.25) is 0 Å². The monoisotopic (exact) mass is 361 g/mol. The van der Waals surface area contributed by atoms with E-state index in [4.69, 9.17) is 9.47 Å². The third-order valence-corrected chi connectivity index (χ3v) is 4.40. The number of thiazole rings is 1. The number of carbonyl (C=O) groups excluding carboxylic acids is 2. The Balaban J connectivity index is 1.64. The summed E-state index contributed by atoms with van der Waals surface area (Å²) in [5.74, 6) is 0.328. The molecule has 8 heteroatoms. The molecule has 2 N–H and O–H groups in total. The lowest BCUT2D eigenvalue weighted by Gasteiger charge is -2.28. The van der Waals surface area contributed by atoms with Gasteiger partial charge in [-0.05, 0) is 18.1 Å². The van der Waals surface area contributed by atoms with Crippen LogP contribution in [0.3, 0.4) is 0 Å². The molecule has 2 amide bonds. The van der Waals surface area contributed by atoms with Gasteiger partial charge in [-0.15, -0.1) is 11.3 Å². The Hall–Kier alpha value is -2.61. The zero-order chi connectivity index (χ0) is 17.8. The summed E-state index contributed by atoms with van der Waals surface area (Å²) in [6, 6.07) is 6.46. The molecule has 0 unspecified atom stereocenters. The third kappa shape index (κ3) is 4.08. The van der Waals surface area contributed by atoms with Crippen molar-refractivity contribution < 1.29 is 19.1 Å². The minimum atomic E-state index is -0.802. The number of benzene rings is 1. The van der Waals surface area contributed by atoms with Crippen LogP contribution in [0.4, 0.5) is 5.13 Å². The predicted molar refractivity (Wildman–Crippen MR) is 93.9 cm³/mol. The molecule has 0 fully saturated rings. The van der Waals surface area contributed by atoms with Crippen molar-refractivity contribution in [3.63, 3.8) is 0 Å². The van der Waals surface area contributed by atoms with Gasteiger partial charge >= 0.3 is 0 Å². The molecular weight excluding hydrogens is 342 g/mol. The molecule has 1 aromatic heterocycles. The van der Waals surface area contributed by atoms with Crippen molar-refractivity contribution in [3.8, 4) is 11.5 Å². The maximum absolute atomic E-state index is 12.5. The number of nitrogens with one attached hydrogen (secondary N) is 2. The molecule has 1 aliphatic heterocycles. The van der Waals surface area contributed by atoms with Crippen molar-refractivity contribution in [1.29, 1.82) is 0 Å². The maximum atomic E-state index is 12.5. The molecule has 0 bridgehead atoms. The number of amides is 2. The van der Waals surface area contributed by atoms with Gasteiger partial charge in [0.25, 0.3) is 5.91 Å². The Morgan fingerprint density at radius 1 is 1.28 bits per heavy atom. The molecule has 0 saturated heterocycles. The Bertz CT molecular complexity index is 748. The molecule has 2 aromatic rings. The van der Waals surface area contributed by atoms with E-state index in [1.54, 1.807) is 29.8 Å². The SMILES string of the molecule is CC(C)[C@H](NC(=O)[C@@H]1COc2ccccc2O1)C(=O)Nc1nccs1. The summed E-state index contributed by atoms with van der Waals surface area (Å²) in [4.78, 5) is 29.0. The molecule has 0 radical (unpaired) electrons. The average molecular weight is 361 g/mol. The molecule has 0 saturated carbocycles. The van der Waals surface area contributed by atoms with Crippen LogP contribution in [0.5, 0.6) is 11.5 Å². The largest absolute Gasteiger partial charge is 0.485 e. The lowest BCUT2D eigenvalue weighted by molar-refractivity contribution is -0.134. The second kappa shape index (κ2) is 7.52. The van der Waals surface area contributed by atoms with Crippen molar-refractivity contribution in [2.24, 2.45) is 5.92 Å². The van der Waals surface area contributed by atoms with Crippen molar-refractivity contribution in [2.45, 2.75) is 26.0 Å².